The molecule has 0 saturated carbocycles. The third kappa shape index (κ3) is 5.50. The van der Waals surface area contributed by atoms with Crippen LogP contribution < -0.4 is 25.2 Å². The van der Waals surface area contributed by atoms with Crippen molar-refractivity contribution in [1.29, 1.82) is 0 Å². The van der Waals surface area contributed by atoms with Gasteiger partial charge >= 0.3 is 0 Å². The number of benzene rings is 2. The number of carbonyl (C=O) groups is 2. The Balaban J connectivity index is 1.36. The van der Waals surface area contributed by atoms with Crippen LogP contribution in [0.1, 0.15) is 16.7 Å². The van der Waals surface area contributed by atoms with Crippen LogP contribution in [0.15, 0.2) is 72.0 Å². The number of methoxy groups -OCH3 is 1. The summed E-state index contributed by atoms with van der Waals surface area (Å²) in [6.07, 6.45) is 3.42. The van der Waals surface area contributed by atoms with Crippen molar-refractivity contribution in [2.24, 2.45) is 4.99 Å². The Bertz CT molecular complexity index is 1200. The van der Waals surface area contributed by atoms with Crippen LogP contribution in [0.2, 0.25) is 0 Å². The number of aromatic nitrogens is 1. The molecule has 1 aromatic heterocycles. The number of aliphatic imine (C=N–C) groups is 1. The molecular formula is C25H25N5O4. The Morgan fingerprint density at radius 2 is 1.82 bits per heavy atom. The largest absolute Gasteiger partial charge is 0.493 e. The highest BCUT2D eigenvalue weighted by Gasteiger charge is 2.25. The zero-order valence-electron chi connectivity index (χ0n) is 18.9. The second-order valence-electron chi connectivity index (χ2n) is 7.65. The minimum absolute atomic E-state index is 0.0736. The van der Waals surface area contributed by atoms with Crippen LogP contribution in [0.25, 0.3) is 0 Å². The van der Waals surface area contributed by atoms with E-state index in [1.54, 1.807) is 31.6 Å². The van der Waals surface area contributed by atoms with Crippen molar-refractivity contribution in [3.63, 3.8) is 0 Å². The number of aryl methyl sites for hydroxylation is 1. The van der Waals surface area contributed by atoms with Gasteiger partial charge in [0, 0.05) is 18.9 Å². The quantitative estimate of drug-likeness (QED) is 0.536. The molecular weight excluding hydrogens is 434 g/mol. The summed E-state index contributed by atoms with van der Waals surface area (Å²) in [6, 6.07) is 16.6. The lowest BCUT2D eigenvalue weighted by Gasteiger charge is -2.27. The van der Waals surface area contributed by atoms with Gasteiger partial charge in [-0.15, -0.1) is 0 Å². The summed E-state index contributed by atoms with van der Waals surface area (Å²) >= 11 is 0. The third-order valence-corrected chi connectivity index (χ3v) is 5.17. The molecule has 0 radical (unpaired) electrons. The molecule has 1 aliphatic rings. The highest BCUT2D eigenvalue weighted by Crippen LogP contribution is 2.28. The first kappa shape index (κ1) is 22.8. The van der Waals surface area contributed by atoms with Gasteiger partial charge in [0.2, 0.25) is 5.84 Å². The first-order valence-corrected chi connectivity index (χ1v) is 10.7. The van der Waals surface area contributed by atoms with E-state index in [-0.39, 0.29) is 24.8 Å². The van der Waals surface area contributed by atoms with E-state index in [1.165, 1.54) is 5.01 Å². The predicted octanol–water partition coefficient (Wildman–Crippen LogP) is 2.54. The Morgan fingerprint density at radius 1 is 1.06 bits per heavy atom. The predicted molar refractivity (Wildman–Crippen MR) is 128 cm³/mol. The van der Waals surface area contributed by atoms with Gasteiger partial charge in [0.1, 0.15) is 13.2 Å². The summed E-state index contributed by atoms with van der Waals surface area (Å²) in [6.45, 7) is 2.49. The van der Waals surface area contributed by atoms with E-state index in [0.29, 0.717) is 23.8 Å². The monoisotopic (exact) mass is 459 g/mol. The van der Waals surface area contributed by atoms with Crippen LogP contribution in [0, 0.1) is 6.92 Å². The second-order valence-corrected chi connectivity index (χ2v) is 7.65. The van der Waals surface area contributed by atoms with Gasteiger partial charge < -0.3 is 14.8 Å². The van der Waals surface area contributed by atoms with E-state index in [1.807, 2.05) is 49.4 Å². The van der Waals surface area contributed by atoms with Gasteiger partial charge in [-0.25, -0.2) is 5.01 Å². The van der Waals surface area contributed by atoms with Crippen molar-refractivity contribution in [2.75, 3.05) is 18.7 Å². The Labute approximate surface area is 197 Å². The maximum Gasteiger partial charge on any atom is 0.288 e. The smallest absolute Gasteiger partial charge is 0.288 e. The normalized spacial score (nSPS) is 13.1. The highest BCUT2D eigenvalue weighted by molar-refractivity contribution is 6.39. The summed E-state index contributed by atoms with van der Waals surface area (Å²) in [5.74, 6) is 0.573. The number of ether oxygens (including phenoxy) is 2. The van der Waals surface area contributed by atoms with Gasteiger partial charge in [-0.05, 0) is 54.4 Å². The fourth-order valence-corrected chi connectivity index (χ4v) is 3.29. The molecule has 1 aliphatic heterocycles. The SMILES string of the molecule is COc1cc(CNC(=O)C2=NCC(=O)N(c3ccc(C)cc3)N2)ccc1OCc1ccncc1. The van der Waals surface area contributed by atoms with E-state index >= 15 is 0 Å². The molecule has 2 N–H and O–H groups in total. The number of amides is 2. The molecule has 2 aromatic carbocycles. The number of hydrogen-bond donors (Lipinski definition) is 2. The first-order valence-electron chi connectivity index (χ1n) is 10.7. The highest BCUT2D eigenvalue weighted by atomic mass is 16.5. The van der Waals surface area contributed by atoms with E-state index in [4.69, 9.17) is 9.47 Å². The molecule has 0 saturated heterocycles. The van der Waals surface area contributed by atoms with Crippen molar-refractivity contribution >= 4 is 23.3 Å². The number of carbonyl (C=O) groups excluding carboxylic acids is 2. The molecule has 0 aliphatic carbocycles. The summed E-state index contributed by atoms with van der Waals surface area (Å²) in [4.78, 5) is 33.0. The first-order chi connectivity index (χ1) is 16.5. The molecule has 0 spiro atoms. The van der Waals surface area contributed by atoms with Gasteiger partial charge in [-0.3, -0.25) is 25.0 Å². The van der Waals surface area contributed by atoms with Crippen LogP contribution in [-0.2, 0) is 22.7 Å². The van der Waals surface area contributed by atoms with E-state index < -0.39 is 5.91 Å². The van der Waals surface area contributed by atoms with Crippen molar-refractivity contribution in [3.05, 3.63) is 83.7 Å². The fourth-order valence-electron chi connectivity index (χ4n) is 3.29. The lowest BCUT2D eigenvalue weighted by atomic mass is 10.2. The van der Waals surface area contributed by atoms with Crippen molar-refractivity contribution in [3.8, 4) is 11.5 Å². The molecule has 0 unspecified atom stereocenters. The van der Waals surface area contributed by atoms with E-state index in [0.717, 1.165) is 16.7 Å². The Morgan fingerprint density at radius 3 is 2.56 bits per heavy atom. The number of nitrogens with one attached hydrogen (secondary N) is 2. The number of hydrazine groups is 1. The molecule has 3 aromatic rings. The minimum Gasteiger partial charge on any atom is -0.493 e. The third-order valence-electron chi connectivity index (χ3n) is 5.17. The Kier molecular flexibility index (Phi) is 7.02. The van der Waals surface area contributed by atoms with Gasteiger partial charge in [-0.1, -0.05) is 23.8 Å². The fraction of sp³-hybridized carbons (Fsp3) is 0.200. The van der Waals surface area contributed by atoms with Crippen LogP contribution in [0.5, 0.6) is 11.5 Å². The molecule has 0 bridgehead atoms. The molecule has 2 heterocycles. The number of amidine groups is 1. The van der Waals surface area contributed by atoms with Crippen LogP contribution >= 0.6 is 0 Å². The van der Waals surface area contributed by atoms with Gasteiger partial charge in [0.05, 0.1) is 12.8 Å². The summed E-state index contributed by atoms with van der Waals surface area (Å²) in [7, 11) is 1.56. The summed E-state index contributed by atoms with van der Waals surface area (Å²) in [5.41, 5.74) is 6.34. The summed E-state index contributed by atoms with van der Waals surface area (Å²) in [5, 5.41) is 4.15. The Hall–Kier alpha value is -4.40. The number of pyridine rings is 1. The van der Waals surface area contributed by atoms with E-state index in [2.05, 4.69) is 20.7 Å². The number of anilines is 1. The van der Waals surface area contributed by atoms with Gasteiger partial charge in [0.15, 0.2) is 11.5 Å². The zero-order valence-corrected chi connectivity index (χ0v) is 18.9. The van der Waals surface area contributed by atoms with Crippen molar-refractivity contribution in [2.45, 2.75) is 20.1 Å². The molecule has 0 atom stereocenters. The van der Waals surface area contributed by atoms with Crippen molar-refractivity contribution in [1.82, 2.24) is 15.7 Å². The second kappa shape index (κ2) is 10.5. The lowest BCUT2D eigenvalue weighted by molar-refractivity contribution is -0.118. The van der Waals surface area contributed by atoms with Crippen LogP contribution in [-0.4, -0.2) is 36.3 Å². The molecule has 34 heavy (non-hydrogen) atoms. The topological polar surface area (TPSA) is 105 Å². The lowest BCUT2D eigenvalue weighted by Crippen LogP contribution is -2.55. The van der Waals surface area contributed by atoms with Gasteiger partial charge in [-0.2, -0.15) is 0 Å². The zero-order chi connectivity index (χ0) is 23.9. The molecule has 174 valence electrons. The van der Waals surface area contributed by atoms with Crippen LogP contribution in [0.3, 0.4) is 0 Å². The molecule has 9 heteroatoms. The van der Waals surface area contributed by atoms with Gasteiger partial charge in [0.25, 0.3) is 11.8 Å². The minimum atomic E-state index is -0.415. The molecule has 9 nitrogen and oxygen atoms in total. The molecule has 2 amide bonds. The van der Waals surface area contributed by atoms with E-state index in [9.17, 15) is 9.59 Å². The average molecular weight is 460 g/mol. The molecule has 4 rings (SSSR count). The molecule has 0 fully saturated rings. The number of rotatable bonds is 8. The number of hydrogen-bond acceptors (Lipinski definition) is 7. The summed E-state index contributed by atoms with van der Waals surface area (Å²) < 4.78 is 11.3. The maximum absolute atomic E-state index is 12.7. The standard InChI is InChI=1S/C25H25N5O4/c1-17-3-6-20(7-4-17)30-23(31)15-27-24(29-30)25(32)28-14-19-5-8-21(22(13-19)33-2)34-16-18-9-11-26-12-10-18/h3-13H,14-16H2,1-2H3,(H,27,29)(H,28,32). The maximum atomic E-state index is 12.7. The van der Waals surface area contributed by atoms with Crippen LogP contribution in [0.4, 0.5) is 5.69 Å². The van der Waals surface area contributed by atoms with Crippen molar-refractivity contribution < 1.29 is 19.1 Å². The number of nitrogens with zero attached hydrogens (tertiary/aromatic N) is 3. The average Bonchev–Trinajstić information content (AvgIpc) is 2.87.